The van der Waals surface area contributed by atoms with Crippen molar-refractivity contribution in [2.24, 2.45) is 15.0 Å². The standard InChI is InChI=1S/C57H40N6/c1-58-57(61-56(40-20-7-3-8-21-40)60-38-39-18-5-2-6-19-39)49-37-42(34-35-59-49)46-29-17-33-53-55(46)48-27-12-14-31-51(48)63(53)44-25-15-22-41(36-44)45-28-16-32-52-54(45)47-26-11-13-30-50(47)62(52)43-23-9-4-10-24-43/h2-37H,1,38H2. The van der Waals surface area contributed by atoms with Crippen LogP contribution >= 0.6 is 0 Å². The summed E-state index contributed by atoms with van der Waals surface area (Å²) in [5.41, 5.74) is 13.9. The quantitative estimate of drug-likeness (QED) is 0.111. The first-order chi connectivity index (χ1) is 31.2. The molecule has 3 aromatic heterocycles. The third-order valence-corrected chi connectivity index (χ3v) is 11.8. The predicted octanol–water partition coefficient (Wildman–Crippen LogP) is 13.7. The summed E-state index contributed by atoms with van der Waals surface area (Å²) in [7, 11) is 0. The summed E-state index contributed by atoms with van der Waals surface area (Å²) in [6, 6.07) is 74.4. The highest BCUT2D eigenvalue weighted by Crippen LogP contribution is 2.41. The first-order valence-corrected chi connectivity index (χ1v) is 21.1. The maximum absolute atomic E-state index is 5.00. The van der Waals surface area contributed by atoms with Gasteiger partial charge in [-0.05, 0) is 95.2 Å². The van der Waals surface area contributed by atoms with Crippen molar-refractivity contribution in [2.75, 3.05) is 0 Å². The molecule has 0 spiro atoms. The monoisotopic (exact) mass is 808 g/mol. The minimum Gasteiger partial charge on any atom is -0.309 e. The van der Waals surface area contributed by atoms with Crippen LogP contribution in [0, 0.1) is 0 Å². The molecule has 8 aromatic carbocycles. The van der Waals surface area contributed by atoms with Crippen LogP contribution in [0.15, 0.2) is 233 Å². The molecule has 11 aromatic rings. The molecular weight excluding hydrogens is 769 g/mol. The number of pyridine rings is 1. The normalized spacial score (nSPS) is 12.1. The van der Waals surface area contributed by atoms with Crippen LogP contribution in [0.3, 0.4) is 0 Å². The first-order valence-electron chi connectivity index (χ1n) is 21.1. The van der Waals surface area contributed by atoms with Gasteiger partial charge < -0.3 is 9.13 Å². The van der Waals surface area contributed by atoms with Gasteiger partial charge in [-0.15, -0.1) is 0 Å². The smallest absolute Gasteiger partial charge is 0.179 e. The number of nitrogens with zero attached hydrogens (tertiary/aromatic N) is 6. The fraction of sp³-hybridized carbons (Fsp3) is 0.0175. The average Bonchev–Trinajstić information content (AvgIpc) is 3.88. The molecule has 6 nitrogen and oxygen atoms in total. The zero-order valence-corrected chi connectivity index (χ0v) is 34.4. The lowest BCUT2D eigenvalue weighted by Gasteiger charge is -2.12. The van der Waals surface area contributed by atoms with Gasteiger partial charge in [-0.25, -0.2) is 9.98 Å². The fourth-order valence-corrected chi connectivity index (χ4v) is 8.99. The van der Waals surface area contributed by atoms with E-state index < -0.39 is 0 Å². The van der Waals surface area contributed by atoms with Crippen LogP contribution in [0.4, 0.5) is 0 Å². The van der Waals surface area contributed by atoms with E-state index in [0.29, 0.717) is 23.9 Å². The molecule has 0 atom stereocenters. The zero-order chi connectivity index (χ0) is 42.1. The number of hydrogen-bond acceptors (Lipinski definition) is 2. The van der Waals surface area contributed by atoms with E-state index in [1.54, 1.807) is 0 Å². The Morgan fingerprint density at radius 2 is 0.984 bits per heavy atom. The van der Waals surface area contributed by atoms with Crippen LogP contribution in [0.25, 0.3) is 77.2 Å². The Balaban J connectivity index is 1.03. The van der Waals surface area contributed by atoms with Crippen LogP contribution in [-0.4, -0.2) is 32.5 Å². The van der Waals surface area contributed by atoms with Crippen LogP contribution in [0.5, 0.6) is 0 Å². The third-order valence-electron chi connectivity index (χ3n) is 11.8. The number of para-hydroxylation sites is 3. The highest BCUT2D eigenvalue weighted by atomic mass is 15.0. The molecule has 6 heteroatoms. The van der Waals surface area contributed by atoms with Gasteiger partial charge in [-0.1, -0.05) is 152 Å². The average molecular weight is 809 g/mol. The molecule has 0 N–H and O–H groups in total. The van der Waals surface area contributed by atoms with Crippen molar-refractivity contribution in [3.05, 3.63) is 235 Å². The number of fused-ring (bicyclic) bond motifs is 6. The Morgan fingerprint density at radius 1 is 0.460 bits per heavy atom. The summed E-state index contributed by atoms with van der Waals surface area (Å²) >= 11 is 0. The lowest BCUT2D eigenvalue weighted by Crippen LogP contribution is -2.07. The molecule has 0 aliphatic carbocycles. The summed E-state index contributed by atoms with van der Waals surface area (Å²) in [6.45, 7) is 4.41. The first kappa shape index (κ1) is 37.5. The van der Waals surface area contributed by atoms with Crippen LogP contribution in [0.2, 0.25) is 0 Å². The molecule has 3 heterocycles. The number of hydrogen-bond donors (Lipinski definition) is 0. The van der Waals surface area contributed by atoms with E-state index in [2.05, 4.69) is 185 Å². The van der Waals surface area contributed by atoms with E-state index in [4.69, 9.17) is 15.0 Å². The van der Waals surface area contributed by atoms with E-state index >= 15 is 0 Å². The summed E-state index contributed by atoms with van der Waals surface area (Å²) in [4.78, 5) is 19.1. The Kier molecular flexibility index (Phi) is 9.63. The number of benzene rings is 8. The van der Waals surface area contributed by atoms with Gasteiger partial charge >= 0.3 is 0 Å². The van der Waals surface area contributed by atoms with Crippen molar-refractivity contribution in [3.63, 3.8) is 0 Å². The van der Waals surface area contributed by atoms with Crippen molar-refractivity contribution in [1.82, 2.24) is 14.1 Å². The number of rotatable bonds is 8. The molecule has 0 saturated carbocycles. The lowest BCUT2D eigenvalue weighted by molar-refractivity contribution is 1.06. The third kappa shape index (κ3) is 6.80. The second-order valence-corrected chi connectivity index (χ2v) is 15.5. The molecule has 0 aliphatic rings. The van der Waals surface area contributed by atoms with Gasteiger partial charge in [0.25, 0.3) is 0 Å². The summed E-state index contributed by atoms with van der Waals surface area (Å²) in [6.07, 6.45) is 1.82. The zero-order valence-electron chi connectivity index (χ0n) is 34.4. The Bertz CT molecular complexity index is 3540. The molecule has 11 rings (SSSR count). The molecular formula is C57H40N6. The van der Waals surface area contributed by atoms with Gasteiger partial charge in [0.2, 0.25) is 0 Å². The minimum absolute atomic E-state index is 0.404. The van der Waals surface area contributed by atoms with E-state index in [-0.39, 0.29) is 0 Å². The number of amidine groups is 2. The summed E-state index contributed by atoms with van der Waals surface area (Å²) in [5, 5.41) is 4.78. The van der Waals surface area contributed by atoms with Gasteiger partial charge in [-0.3, -0.25) is 9.98 Å². The van der Waals surface area contributed by atoms with Gasteiger partial charge in [0, 0.05) is 44.7 Å². The Labute approximate surface area is 365 Å². The molecule has 0 amide bonds. The van der Waals surface area contributed by atoms with Crippen molar-refractivity contribution in [3.8, 4) is 33.6 Å². The molecule has 0 bridgehead atoms. The number of aromatic nitrogens is 3. The summed E-state index contributed by atoms with van der Waals surface area (Å²) < 4.78 is 4.76. The fourth-order valence-electron chi connectivity index (χ4n) is 8.99. The van der Waals surface area contributed by atoms with E-state index in [1.807, 2.05) is 54.7 Å². The highest BCUT2D eigenvalue weighted by Gasteiger charge is 2.20. The number of aliphatic imine (C=N–C) groups is 3. The Hall–Kier alpha value is -8.48. The van der Waals surface area contributed by atoms with E-state index in [1.165, 1.54) is 27.4 Å². The van der Waals surface area contributed by atoms with Crippen LogP contribution in [0.1, 0.15) is 16.8 Å². The molecule has 0 radical (unpaired) electrons. The van der Waals surface area contributed by atoms with Crippen molar-refractivity contribution >= 4 is 62.0 Å². The van der Waals surface area contributed by atoms with E-state index in [9.17, 15) is 0 Å². The second-order valence-electron chi connectivity index (χ2n) is 15.5. The minimum atomic E-state index is 0.404. The van der Waals surface area contributed by atoms with E-state index in [0.717, 1.165) is 61.0 Å². The SMILES string of the molecule is C=NC(=NC(=NCc1ccccc1)c1ccccc1)c1cc(-c2cccc3c2c2ccccc2n3-c2cccc(-c3cccc4c3c3ccccc3n4-c3ccccc3)c2)ccn1. The summed E-state index contributed by atoms with van der Waals surface area (Å²) in [5.74, 6) is 0.973. The van der Waals surface area contributed by atoms with Crippen LogP contribution in [-0.2, 0) is 6.54 Å². The molecule has 0 saturated heterocycles. The molecule has 0 unspecified atom stereocenters. The van der Waals surface area contributed by atoms with Crippen molar-refractivity contribution < 1.29 is 0 Å². The van der Waals surface area contributed by atoms with Crippen LogP contribution < -0.4 is 0 Å². The topological polar surface area (TPSA) is 59.8 Å². The van der Waals surface area contributed by atoms with Gasteiger partial charge in [0.15, 0.2) is 11.7 Å². The van der Waals surface area contributed by atoms with Gasteiger partial charge in [0.1, 0.15) is 5.69 Å². The lowest BCUT2D eigenvalue weighted by atomic mass is 9.99. The van der Waals surface area contributed by atoms with Crippen molar-refractivity contribution in [1.29, 1.82) is 0 Å². The molecule has 0 fully saturated rings. The largest absolute Gasteiger partial charge is 0.309 e. The second kappa shape index (κ2) is 16.2. The maximum Gasteiger partial charge on any atom is 0.179 e. The highest BCUT2D eigenvalue weighted by molar-refractivity contribution is 6.18. The molecule has 298 valence electrons. The maximum atomic E-state index is 5.00. The Morgan fingerprint density at radius 3 is 1.63 bits per heavy atom. The van der Waals surface area contributed by atoms with Crippen molar-refractivity contribution in [2.45, 2.75) is 6.54 Å². The molecule has 0 aliphatic heterocycles. The van der Waals surface area contributed by atoms with Gasteiger partial charge in [0.05, 0.1) is 28.6 Å². The molecule has 63 heavy (non-hydrogen) atoms. The van der Waals surface area contributed by atoms with Gasteiger partial charge in [-0.2, -0.15) is 0 Å². The predicted molar refractivity (Wildman–Crippen MR) is 263 cm³/mol.